The van der Waals surface area contributed by atoms with Gasteiger partial charge in [-0.3, -0.25) is 4.79 Å². The number of aromatic nitrogens is 1. The average molecular weight is 182 g/mol. The maximum atomic E-state index is 10.6. The molecule has 0 aromatic carbocycles. The summed E-state index contributed by atoms with van der Waals surface area (Å²) in [6.45, 7) is 1.54. The van der Waals surface area contributed by atoms with E-state index in [4.69, 9.17) is 5.73 Å². The molecule has 0 saturated carbocycles. The highest BCUT2D eigenvalue weighted by atomic mass is 32.2. The summed E-state index contributed by atoms with van der Waals surface area (Å²) < 4.78 is 0. The van der Waals surface area contributed by atoms with E-state index in [1.807, 2.05) is 12.1 Å². The van der Waals surface area contributed by atoms with Crippen LogP contribution in [-0.4, -0.2) is 10.1 Å². The summed E-state index contributed by atoms with van der Waals surface area (Å²) in [7, 11) is 0. The number of pyridine rings is 1. The van der Waals surface area contributed by atoms with Gasteiger partial charge in [-0.2, -0.15) is 0 Å². The van der Waals surface area contributed by atoms with Gasteiger partial charge in [-0.05, 0) is 12.1 Å². The van der Waals surface area contributed by atoms with Crippen LogP contribution >= 0.6 is 11.8 Å². The monoisotopic (exact) mass is 182 g/mol. The van der Waals surface area contributed by atoms with Crippen LogP contribution in [0, 0.1) is 0 Å². The van der Waals surface area contributed by atoms with Gasteiger partial charge in [-0.1, -0.05) is 17.8 Å². The molecule has 0 bridgehead atoms. The lowest BCUT2D eigenvalue weighted by atomic mass is 10.4. The zero-order valence-electron chi connectivity index (χ0n) is 6.78. The fourth-order valence-corrected chi connectivity index (χ4v) is 1.27. The molecule has 1 rings (SSSR count). The minimum Gasteiger partial charge on any atom is -0.384 e. The van der Waals surface area contributed by atoms with Gasteiger partial charge in [0, 0.05) is 12.7 Å². The van der Waals surface area contributed by atoms with Crippen molar-refractivity contribution < 1.29 is 4.79 Å². The van der Waals surface area contributed by atoms with Crippen molar-refractivity contribution in [2.24, 2.45) is 0 Å². The van der Waals surface area contributed by atoms with E-state index in [2.05, 4.69) is 4.98 Å². The van der Waals surface area contributed by atoms with E-state index in [1.54, 1.807) is 6.07 Å². The second-order valence-corrected chi connectivity index (χ2v) is 3.49. The first-order chi connectivity index (χ1) is 5.68. The van der Waals surface area contributed by atoms with Crippen LogP contribution in [0.4, 0.5) is 5.82 Å². The Morgan fingerprint density at radius 2 is 2.42 bits per heavy atom. The van der Waals surface area contributed by atoms with Crippen LogP contribution in [0.15, 0.2) is 18.2 Å². The first-order valence-electron chi connectivity index (χ1n) is 3.53. The lowest BCUT2D eigenvalue weighted by Crippen LogP contribution is -1.94. The Morgan fingerprint density at radius 3 is 3.00 bits per heavy atom. The molecule has 1 heterocycles. The molecular formula is C8H10N2OS. The van der Waals surface area contributed by atoms with Gasteiger partial charge in [-0.15, -0.1) is 0 Å². The van der Waals surface area contributed by atoms with Gasteiger partial charge in [0.05, 0.1) is 5.69 Å². The molecule has 3 nitrogen and oxygen atoms in total. The first kappa shape index (κ1) is 9.06. The lowest BCUT2D eigenvalue weighted by molar-refractivity contribution is -0.109. The largest absolute Gasteiger partial charge is 0.384 e. The topological polar surface area (TPSA) is 56.0 Å². The minimum atomic E-state index is 0.0965. The summed E-state index contributed by atoms with van der Waals surface area (Å²) in [6, 6.07) is 5.41. The highest BCUT2D eigenvalue weighted by Crippen LogP contribution is 2.11. The Bertz CT molecular complexity index is 288. The Kier molecular flexibility index (Phi) is 3.10. The zero-order chi connectivity index (χ0) is 8.97. The van der Waals surface area contributed by atoms with Crippen molar-refractivity contribution in [2.45, 2.75) is 12.7 Å². The highest BCUT2D eigenvalue weighted by Gasteiger charge is 1.97. The van der Waals surface area contributed by atoms with E-state index in [0.717, 1.165) is 5.69 Å². The van der Waals surface area contributed by atoms with Crippen molar-refractivity contribution >= 4 is 22.7 Å². The van der Waals surface area contributed by atoms with Crippen molar-refractivity contribution in [3.8, 4) is 0 Å². The van der Waals surface area contributed by atoms with Crippen molar-refractivity contribution in [3.05, 3.63) is 23.9 Å². The third-order valence-electron chi connectivity index (χ3n) is 1.25. The van der Waals surface area contributed by atoms with Gasteiger partial charge in [-0.25, -0.2) is 4.98 Å². The average Bonchev–Trinajstić information content (AvgIpc) is 2.01. The SMILES string of the molecule is CC(=O)SCc1cccc(N)n1. The van der Waals surface area contributed by atoms with E-state index in [-0.39, 0.29) is 5.12 Å². The number of carbonyl (C=O) groups excluding carboxylic acids is 1. The predicted molar refractivity (Wildman–Crippen MR) is 50.6 cm³/mol. The second-order valence-electron chi connectivity index (χ2n) is 2.33. The van der Waals surface area contributed by atoms with E-state index in [0.29, 0.717) is 11.6 Å². The Balaban J connectivity index is 2.57. The molecule has 2 N–H and O–H groups in total. The minimum absolute atomic E-state index is 0.0965. The lowest BCUT2D eigenvalue weighted by Gasteiger charge is -1.98. The molecule has 0 aliphatic carbocycles. The normalized spacial score (nSPS) is 9.75. The van der Waals surface area contributed by atoms with E-state index in [9.17, 15) is 4.79 Å². The van der Waals surface area contributed by atoms with Crippen molar-refractivity contribution in [1.29, 1.82) is 0 Å². The Hall–Kier alpha value is -1.03. The van der Waals surface area contributed by atoms with Crippen LogP contribution in [0.25, 0.3) is 0 Å². The molecule has 0 saturated heterocycles. The smallest absolute Gasteiger partial charge is 0.186 e. The van der Waals surface area contributed by atoms with Gasteiger partial charge < -0.3 is 5.73 Å². The first-order valence-corrected chi connectivity index (χ1v) is 4.52. The number of nitrogens with zero attached hydrogens (tertiary/aromatic N) is 1. The summed E-state index contributed by atoms with van der Waals surface area (Å²) in [4.78, 5) is 14.7. The van der Waals surface area contributed by atoms with E-state index in [1.165, 1.54) is 18.7 Å². The van der Waals surface area contributed by atoms with Gasteiger partial charge in [0.15, 0.2) is 5.12 Å². The van der Waals surface area contributed by atoms with Gasteiger partial charge in [0.25, 0.3) is 0 Å². The summed E-state index contributed by atoms with van der Waals surface area (Å²) in [6.07, 6.45) is 0. The van der Waals surface area contributed by atoms with Crippen LogP contribution in [0.1, 0.15) is 12.6 Å². The third kappa shape index (κ3) is 2.92. The molecule has 1 aromatic heterocycles. The van der Waals surface area contributed by atoms with Crippen molar-refractivity contribution in [1.82, 2.24) is 4.98 Å². The third-order valence-corrected chi connectivity index (χ3v) is 2.10. The maximum Gasteiger partial charge on any atom is 0.186 e. The van der Waals surface area contributed by atoms with Crippen LogP contribution in [0.2, 0.25) is 0 Å². The molecule has 4 heteroatoms. The fourth-order valence-electron chi connectivity index (χ4n) is 0.754. The number of anilines is 1. The molecule has 0 atom stereocenters. The highest BCUT2D eigenvalue weighted by molar-refractivity contribution is 8.12. The van der Waals surface area contributed by atoms with E-state index >= 15 is 0 Å². The van der Waals surface area contributed by atoms with Crippen molar-refractivity contribution in [2.75, 3.05) is 5.73 Å². The van der Waals surface area contributed by atoms with Crippen LogP contribution < -0.4 is 5.73 Å². The Morgan fingerprint density at radius 1 is 1.67 bits per heavy atom. The molecule has 0 spiro atoms. The summed E-state index contributed by atoms with van der Waals surface area (Å²) in [5.41, 5.74) is 6.30. The molecule has 1 aromatic rings. The number of nitrogen functional groups attached to an aromatic ring is 1. The summed E-state index contributed by atoms with van der Waals surface area (Å²) >= 11 is 1.24. The van der Waals surface area contributed by atoms with E-state index < -0.39 is 0 Å². The van der Waals surface area contributed by atoms with Gasteiger partial charge in [0.1, 0.15) is 5.82 Å². The summed E-state index contributed by atoms with van der Waals surface area (Å²) in [5.74, 6) is 1.09. The predicted octanol–water partition coefficient (Wildman–Crippen LogP) is 1.44. The summed E-state index contributed by atoms with van der Waals surface area (Å²) in [5, 5.41) is 0.0965. The molecule has 0 radical (unpaired) electrons. The molecule has 0 aliphatic heterocycles. The molecule has 12 heavy (non-hydrogen) atoms. The molecule has 0 aliphatic rings. The number of hydrogen-bond acceptors (Lipinski definition) is 4. The molecular weight excluding hydrogens is 172 g/mol. The van der Waals surface area contributed by atoms with Crippen molar-refractivity contribution in [3.63, 3.8) is 0 Å². The fraction of sp³-hybridized carbons (Fsp3) is 0.250. The molecule has 64 valence electrons. The van der Waals surface area contributed by atoms with Gasteiger partial charge >= 0.3 is 0 Å². The zero-order valence-corrected chi connectivity index (χ0v) is 7.60. The molecule has 0 fully saturated rings. The second kappa shape index (κ2) is 4.11. The van der Waals surface area contributed by atoms with Crippen LogP contribution in [0.3, 0.4) is 0 Å². The van der Waals surface area contributed by atoms with Crippen LogP contribution in [0.5, 0.6) is 0 Å². The molecule has 0 unspecified atom stereocenters. The number of carbonyl (C=O) groups is 1. The number of hydrogen-bond donors (Lipinski definition) is 1. The maximum absolute atomic E-state index is 10.6. The Labute approximate surface area is 75.4 Å². The number of nitrogens with two attached hydrogens (primary N) is 1. The van der Waals surface area contributed by atoms with Crippen LogP contribution in [-0.2, 0) is 10.5 Å². The standard InChI is InChI=1S/C8H10N2OS/c1-6(11)12-5-7-3-2-4-8(9)10-7/h2-4H,5H2,1H3,(H2,9,10). The van der Waals surface area contributed by atoms with Gasteiger partial charge in [0.2, 0.25) is 0 Å². The quantitative estimate of drug-likeness (QED) is 0.752. The number of thioether (sulfide) groups is 1. The molecule has 0 amide bonds. The number of rotatable bonds is 2.